The number of halogens is 4. The van der Waals surface area contributed by atoms with Crippen molar-refractivity contribution in [3.8, 4) is 11.1 Å². The first-order chi connectivity index (χ1) is 14.8. The Hall–Kier alpha value is -3.43. The van der Waals surface area contributed by atoms with Crippen molar-refractivity contribution < 1.29 is 17.6 Å². The molecule has 3 aromatic heterocycles. The molecule has 1 fully saturated rings. The average molecular weight is 431 g/mol. The Morgan fingerprint density at radius 2 is 2.03 bits per heavy atom. The van der Waals surface area contributed by atoms with E-state index in [1.807, 2.05) is 4.90 Å². The fraction of sp³-hybridized carbons (Fsp3) is 0.286. The summed E-state index contributed by atoms with van der Waals surface area (Å²) in [5.74, 6) is 0.563. The van der Waals surface area contributed by atoms with Gasteiger partial charge in [-0.1, -0.05) is 6.07 Å². The number of nitrogens with zero attached hydrogens (tertiary/aromatic N) is 4. The van der Waals surface area contributed by atoms with Crippen LogP contribution in [0.3, 0.4) is 0 Å². The van der Waals surface area contributed by atoms with Gasteiger partial charge in [-0.2, -0.15) is 18.3 Å². The zero-order valence-electron chi connectivity index (χ0n) is 16.2. The Balaban J connectivity index is 1.74. The summed E-state index contributed by atoms with van der Waals surface area (Å²) in [6.45, 7) is -0.696. The highest BCUT2D eigenvalue weighted by Crippen LogP contribution is 2.34. The molecule has 0 aliphatic carbocycles. The maximum atomic E-state index is 13.8. The van der Waals surface area contributed by atoms with Crippen LogP contribution in [0, 0.1) is 0 Å². The highest BCUT2D eigenvalue weighted by molar-refractivity contribution is 6.04. The second-order valence-electron chi connectivity index (χ2n) is 7.59. The molecule has 1 N–H and O–H groups in total. The molecular formula is C21H17F4N5O. The summed E-state index contributed by atoms with van der Waals surface area (Å²) in [6.07, 6.45) is -2.22. The fourth-order valence-electron chi connectivity index (χ4n) is 4.16. The normalized spacial score (nSPS) is 17.2. The lowest BCUT2D eigenvalue weighted by atomic mass is 10.0. The van der Waals surface area contributed by atoms with Crippen molar-refractivity contribution in [3.05, 3.63) is 53.1 Å². The number of anilines is 1. The average Bonchev–Trinajstić information content (AvgIpc) is 3.39. The van der Waals surface area contributed by atoms with Gasteiger partial charge in [-0.05, 0) is 36.2 Å². The fourth-order valence-corrected chi connectivity index (χ4v) is 4.16. The first-order valence-electron chi connectivity index (χ1n) is 9.73. The monoisotopic (exact) mass is 431 g/mol. The first kappa shape index (κ1) is 19.5. The lowest BCUT2D eigenvalue weighted by Crippen LogP contribution is -2.28. The van der Waals surface area contributed by atoms with Crippen LogP contribution in [0.5, 0.6) is 0 Å². The third-order valence-electron chi connectivity index (χ3n) is 5.52. The van der Waals surface area contributed by atoms with Crippen LogP contribution in [-0.4, -0.2) is 45.2 Å². The lowest BCUT2D eigenvalue weighted by Gasteiger charge is -2.20. The smallest absolute Gasteiger partial charge is 0.353 e. The molecule has 10 heteroatoms. The Morgan fingerprint density at radius 1 is 1.19 bits per heavy atom. The van der Waals surface area contributed by atoms with Gasteiger partial charge < -0.3 is 4.90 Å². The van der Waals surface area contributed by atoms with E-state index in [9.17, 15) is 22.4 Å². The number of rotatable bonds is 3. The number of aromatic nitrogens is 4. The summed E-state index contributed by atoms with van der Waals surface area (Å²) in [7, 11) is 0. The van der Waals surface area contributed by atoms with Crippen molar-refractivity contribution in [2.45, 2.75) is 25.3 Å². The quantitative estimate of drug-likeness (QED) is 0.497. The maximum Gasteiger partial charge on any atom is 0.406 e. The molecule has 31 heavy (non-hydrogen) atoms. The maximum absolute atomic E-state index is 13.8. The van der Waals surface area contributed by atoms with Gasteiger partial charge in [0.25, 0.3) is 5.56 Å². The number of hydrogen-bond acceptors (Lipinski definition) is 4. The van der Waals surface area contributed by atoms with Crippen LogP contribution in [0.25, 0.3) is 32.9 Å². The van der Waals surface area contributed by atoms with E-state index in [2.05, 4.69) is 15.2 Å². The summed E-state index contributed by atoms with van der Waals surface area (Å²) in [5.41, 5.74) is 0.918. The van der Waals surface area contributed by atoms with E-state index in [4.69, 9.17) is 0 Å². The predicted octanol–water partition coefficient (Wildman–Crippen LogP) is 4.05. The van der Waals surface area contributed by atoms with E-state index in [0.29, 0.717) is 40.8 Å². The van der Waals surface area contributed by atoms with E-state index < -0.39 is 24.5 Å². The Kier molecular flexibility index (Phi) is 4.45. The van der Waals surface area contributed by atoms with Crippen LogP contribution < -0.4 is 10.5 Å². The van der Waals surface area contributed by atoms with Crippen molar-refractivity contribution >= 4 is 27.6 Å². The first-order valence-corrected chi connectivity index (χ1v) is 9.73. The van der Waals surface area contributed by atoms with Crippen molar-refractivity contribution in [1.29, 1.82) is 0 Å². The molecule has 1 aliphatic heterocycles. The zero-order chi connectivity index (χ0) is 21.8. The number of pyridine rings is 2. The molecule has 1 atom stereocenters. The number of fused-ring (bicyclic) bond motifs is 3. The summed E-state index contributed by atoms with van der Waals surface area (Å²) < 4.78 is 54.3. The number of H-pyrrole nitrogens is 1. The van der Waals surface area contributed by atoms with Crippen LogP contribution >= 0.6 is 0 Å². The molecule has 6 nitrogen and oxygen atoms in total. The van der Waals surface area contributed by atoms with Gasteiger partial charge in [0.2, 0.25) is 0 Å². The van der Waals surface area contributed by atoms with Crippen molar-refractivity contribution in [2.75, 3.05) is 18.0 Å². The molecule has 1 unspecified atom stereocenters. The summed E-state index contributed by atoms with van der Waals surface area (Å²) in [4.78, 5) is 19.0. The molecule has 160 valence electrons. The lowest BCUT2D eigenvalue weighted by molar-refractivity contribution is -0.140. The standard InChI is InChI=1S/C21H17F4N5O/c22-13-5-7-29(10-13)19-14(2-1-6-26-19)12-3-4-15-17(8-12)30(11-21(23,24)25)20(31)16-9-27-28-18(15)16/h1-4,6,8-9,13H,5,7,10-11H2,(H,27,28). The number of benzene rings is 1. The molecule has 4 heterocycles. The van der Waals surface area contributed by atoms with E-state index in [-0.39, 0.29) is 17.4 Å². The highest BCUT2D eigenvalue weighted by atomic mass is 19.4. The Bertz CT molecular complexity index is 1340. The van der Waals surface area contributed by atoms with Gasteiger partial charge in [0.1, 0.15) is 24.1 Å². The molecule has 0 bridgehead atoms. The third-order valence-corrected chi connectivity index (χ3v) is 5.52. The molecule has 5 rings (SSSR count). The second kappa shape index (κ2) is 7.07. The van der Waals surface area contributed by atoms with E-state index >= 15 is 0 Å². The molecule has 0 spiro atoms. The molecule has 4 aromatic rings. The largest absolute Gasteiger partial charge is 0.406 e. The van der Waals surface area contributed by atoms with Gasteiger partial charge in [-0.15, -0.1) is 0 Å². The van der Waals surface area contributed by atoms with Gasteiger partial charge in [0.15, 0.2) is 0 Å². The van der Waals surface area contributed by atoms with E-state index in [0.717, 1.165) is 4.57 Å². The number of alkyl halides is 4. The Morgan fingerprint density at radius 3 is 2.77 bits per heavy atom. The van der Waals surface area contributed by atoms with Crippen LogP contribution in [0.2, 0.25) is 0 Å². The summed E-state index contributed by atoms with van der Waals surface area (Å²) in [5, 5.41) is 7.14. The van der Waals surface area contributed by atoms with Crippen LogP contribution in [-0.2, 0) is 6.54 Å². The topological polar surface area (TPSA) is 66.8 Å². The molecule has 0 saturated carbocycles. The zero-order valence-corrected chi connectivity index (χ0v) is 16.2. The highest BCUT2D eigenvalue weighted by Gasteiger charge is 2.30. The molecule has 1 aliphatic rings. The van der Waals surface area contributed by atoms with Crippen molar-refractivity contribution in [1.82, 2.24) is 19.7 Å². The van der Waals surface area contributed by atoms with Crippen molar-refractivity contribution in [2.24, 2.45) is 0 Å². The number of aromatic amines is 1. The van der Waals surface area contributed by atoms with Crippen LogP contribution in [0.1, 0.15) is 6.42 Å². The van der Waals surface area contributed by atoms with Gasteiger partial charge >= 0.3 is 6.18 Å². The third kappa shape index (κ3) is 3.41. The van der Waals surface area contributed by atoms with Crippen LogP contribution in [0.4, 0.5) is 23.4 Å². The van der Waals surface area contributed by atoms with Gasteiger partial charge in [0, 0.05) is 29.9 Å². The molecule has 1 saturated heterocycles. The molecular weight excluding hydrogens is 414 g/mol. The minimum Gasteiger partial charge on any atom is -0.353 e. The number of hydrogen-bond donors (Lipinski definition) is 1. The number of nitrogens with one attached hydrogen (secondary N) is 1. The molecule has 1 aromatic carbocycles. The van der Waals surface area contributed by atoms with Crippen LogP contribution in [0.15, 0.2) is 47.5 Å². The minimum atomic E-state index is -4.57. The summed E-state index contributed by atoms with van der Waals surface area (Å²) >= 11 is 0. The van der Waals surface area contributed by atoms with E-state index in [1.165, 1.54) is 6.20 Å². The molecule has 0 radical (unpaired) electrons. The SMILES string of the molecule is O=c1c2c[nH]nc2c2ccc(-c3cccnc3N3CCC(F)C3)cc2n1CC(F)(F)F. The van der Waals surface area contributed by atoms with Gasteiger partial charge in [-0.25, -0.2) is 9.37 Å². The predicted molar refractivity (Wildman–Crippen MR) is 109 cm³/mol. The van der Waals surface area contributed by atoms with Gasteiger partial charge in [0.05, 0.1) is 17.4 Å². The molecule has 0 amide bonds. The summed E-state index contributed by atoms with van der Waals surface area (Å²) in [6, 6.07) is 8.45. The second-order valence-corrected chi connectivity index (χ2v) is 7.59. The van der Waals surface area contributed by atoms with Gasteiger partial charge in [-0.3, -0.25) is 14.5 Å². The van der Waals surface area contributed by atoms with E-state index in [1.54, 1.807) is 36.5 Å². The minimum absolute atomic E-state index is 0.0950. The van der Waals surface area contributed by atoms with Crippen molar-refractivity contribution in [3.63, 3.8) is 0 Å². The Labute approximate surface area is 173 Å².